The van der Waals surface area contributed by atoms with Crippen LogP contribution in [0.3, 0.4) is 0 Å². The molecule has 0 aliphatic rings. The van der Waals surface area contributed by atoms with Crippen LogP contribution >= 0.6 is 0 Å². The number of H-pyrrole nitrogens is 2. The molecular formula is C12H12N6O. The molecule has 1 aromatic carbocycles. The van der Waals surface area contributed by atoms with E-state index in [9.17, 15) is 4.79 Å². The van der Waals surface area contributed by atoms with Crippen LogP contribution in [0.25, 0.3) is 10.9 Å². The molecule has 0 fully saturated rings. The van der Waals surface area contributed by atoms with Gasteiger partial charge in [0, 0.05) is 11.2 Å². The first kappa shape index (κ1) is 11.4. The van der Waals surface area contributed by atoms with E-state index in [1.165, 1.54) is 0 Å². The Morgan fingerprint density at radius 1 is 1.32 bits per heavy atom. The van der Waals surface area contributed by atoms with E-state index in [4.69, 9.17) is 0 Å². The molecule has 19 heavy (non-hydrogen) atoms. The third kappa shape index (κ3) is 2.59. The third-order valence-corrected chi connectivity index (χ3v) is 2.77. The summed E-state index contributed by atoms with van der Waals surface area (Å²) in [5, 5.41) is 17.1. The van der Waals surface area contributed by atoms with Gasteiger partial charge in [0.25, 0.3) is 0 Å². The molecule has 7 heteroatoms. The fraction of sp³-hybridized carbons (Fsp3) is 0.167. The maximum absolute atomic E-state index is 11.7. The zero-order valence-electron chi connectivity index (χ0n) is 10.1. The molecule has 0 radical (unpaired) electrons. The average Bonchev–Trinajstić information content (AvgIpc) is 3.04. The van der Waals surface area contributed by atoms with Gasteiger partial charge in [-0.1, -0.05) is 23.4 Å². The monoisotopic (exact) mass is 256 g/mol. The standard InChI is InChI=1S/C12H12N6O/c19-12(6-11-15-17-18-16-11)13-7-9-5-8-3-1-2-4-10(8)14-9/h1-5,14H,6-7H2,(H,13,19)(H,15,16,17,18). The van der Waals surface area contributed by atoms with Crippen LogP contribution in [0.1, 0.15) is 11.5 Å². The van der Waals surface area contributed by atoms with Gasteiger partial charge in [-0.3, -0.25) is 4.79 Å². The number of amides is 1. The molecule has 3 N–H and O–H groups in total. The number of tetrazole rings is 1. The van der Waals surface area contributed by atoms with Crippen molar-refractivity contribution in [1.82, 2.24) is 30.9 Å². The summed E-state index contributed by atoms with van der Waals surface area (Å²) in [6, 6.07) is 9.99. The highest BCUT2D eigenvalue weighted by Crippen LogP contribution is 2.14. The Balaban J connectivity index is 1.61. The van der Waals surface area contributed by atoms with E-state index in [1.807, 2.05) is 30.3 Å². The van der Waals surface area contributed by atoms with E-state index in [-0.39, 0.29) is 12.3 Å². The molecule has 0 aliphatic carbocycles. The van der Waals surface area contributed by atoms with Crippen LogP contribution in [0.4, 0.5) is 0 Å². The summed E-state index contributed by atoms with van der Waals surface area (Å²) in [5.74, 6) is 0.245. The van der Waals surface area contributed by atoms with Crippen molar-refractivity contribution in [1.29, 1.82) is 0 Å². The van der Waals surface area contributed by atoms with Crippen LogP contribution < -0.4 is 5.32 Å². The second-order valence-corrected chi connectivity index (χ2v) is 4.16. The van der Waals surface area contributed by atoms with Crippen LogP contribution in [0.5, 0.6) is 0 Å². The first-order chi connectivity index (χ1) is 9.31. The van der Waals surface area contributed by atoms with E-state index in [2.05, 4.69) is 30.9 Å². The number of hydrogen-bond acceptors (Lipinski definition) is 4. The molecule has 0 unspecified atom stereocenters. The Kier molecular flexibility index (Phi) is 2.93. The van der Waals surface area contributed by atoms with Crippen LogP contribution in [0.2, 0.25) is 0 Å². The van der Waals surface area contributed by atoms with E-state index < -0.39 is 0 Å². The lowest BCUT2D eigenvalue weighted by Crippen LogP contribution is -2.25. The van der Waals surface area contributed by atoms with Gasteiger partial charge in [-0.15, -0.1) is 10.2 Å². The van der Waals surface area contributed by atoms with Gasteiger partial charge in [-0.05, 0) is 17.5 Å². The largest absolute Gasteiger partial charge is 0.357 e. The summed E-state index contributed by atoms with van der Waals surface area (Å²) in [4.78, 5) is 14.9. The van der Waals surface area contributed by atoms with E-state index in [1.54, 1.807) is 0 Å². The van der Waals surface area contributed by atoms with Crippen molar-refractivity contribution in [3.8, 4) is 0 Å². The molecule has 0 atom stereocenters. The predicted molar refractivity (Wildman–Crippen MR) is 68.0 cm³/mol. The number of rotatable bonds is 4. The number of fused-ring (bicyclic) bond motifs is 1. The minimum atomic E-state index is -0.139. The van der Waals surface area contributed by atoms with E-state index >= 15 is 0 Å². The van der Waals surface area contributed by atoms with Crippen molar-refractivity contribution in [2.24, 2.45) is 0 Å². The molecule has 7 nitrogen and oxygen atoms in total. The lowest BCUT2D eigenvalue weighted by Gasteiger charge is -2.00. The SMILES string of the molecule is O=C(Cc1nn[nH]n1)NCc1cc2ccccc2[nH]1. The van der Waals surface area contributed by atoms with Crippen molar-refractivity contribution >= 4 is 16.8 Å². The summed E-state index contributed by atoms with van der Waals surface area (Å²) in [6.07, 6.45) is 0.122. The number of aromatic amines is 2. The highest BCUT2D eigenvalue weighted by molar-refractivity contribution is 5.81. The Labute approximate surface area is 108 Å². The Bertz CT molecular complexity index is 654. The Hall–Kier alpha value is -2.70. The fourth-order valence-electron chi connectivity index (χ4n) is 1.89. The van der Waals surface area contributed by atoms with Gasteiger partial charge in [-0.2, -0.15) is 5.21 Å². The first-order valence-electron chi connectivity index (χ1n) is 5.87. The molecule has 1 amide bonds. The summed E-state index contributed by atoms with van der Waals surface area (Å²) in [6.45, 7) is 0.450. The Morgan fingerprint density at radius 3 is 3.00 bits per heavy atom. The number of nitrogens with one attached hydrogen (secondary N) is 3. The topological polar surface area (TPSA) is 99.3 Å². The number of aromatic nitrogens is 5. The number of hydrogen-bond donors (Lipinski definition) is 3. The molecule has 0 saturated carbocycles. The van der Waals surface area contributed by atoms with E-state index in [0.29, 0.717) is 12.4 Å². The predicted octanol–water partition coefficient (Wildman–Crippen LogP) is 0.540. The smallest absolute Gasteiger partial charge is 0.228 e. The molecule has 0 bridgehead atoms. The van der Waals surface area contributed by atoms with Crippen LogP contribution in [0, 0.1) is 0 Å². The molecule has 0 aliphatic heterocycles. The zero-order chi connectivity index (χ0) is 13.1. The van der Waals surface area contributed by atoms with Crippen LogP contribution in [-0.2, 0) is 17.8 Å². The number of benzene rings is 1. The molecule has 0 spiro atoms. The van der Waals surface area contributed by atoms with Gasteiger partial charge >= 0.3 is 0 Å². The van der Waals surface area contributed by atoms with Crippen LogP contribution in [0.15, 0.2) is 30.3 Å². The fourth-order valence-corrected chi connectivity index (χ4v) is 1.89. The first-order valence-corrected chi connectivity index (χ1v) is 5.87. The summed E-state index contributed by atoms with van der Waals surface area (Å²) >= 11 is 0. The molecule has 2 heterocycles. The normalized spacial score (nSPS) is 10.7. The van der Waals surface area contributed by atoms with Crippen molar-refractivity contribution in [2.45, 2.75) is 13.0 Å². The van der Waals surface area contributed by atoms with Crippen molar-refractivity contribution in [3.63, 3.8) is 0 Å². The number of para-hydroxylation sites is 1. The molecule has 0 saturated heterocycles. The lowest BCUT2D eigenvalue weighted by molar-refractivity contribution is -0.120. The molecule has 3 aromatic rings. The van der Waals surface area contributed by atoms with Crippen LogP contribution in [-0.4, -0.2) is 31.5 Å². The second-order valence-electron chi connectivity index (χ2n) is 4.16. The zero-order valence-corrected chi connectivity index (χ0v) is 10.1. The Morgan fingerprint density at radius 2 is 2.21 bits per heavy atom. The quantitative estimate of drug-likeness (QED) is 0.634. The van der Waals surface area contributed by atoms with Gasteiger partial charge < -0.3 is 10.3 Å². The highest BCUT2D eigenvalue weighted by atomic mass is 16.1. The molecule has 3 rings (SSSR count). The number of nitrogens with zero attached hydrogens (tertiary/aromatic N) is 3. The van der Waals surface area contributed by atoms with Gasteiger partial charge in [0.2, 0.25) is 5.91 Å². The summed E-state index contributed by atoms with van der Waals surface area (Å²) in [7, 11) is 0. The van der Waals surface area contributed by atoms with Gasteiger partial charge in [0.1, 0.15) is 0 Å². The highest BCUT2D eigenvalue weighted by Gasteiger charge is 2.07. The number of carbonyl (C=O) groups excluding carboxylic acids is 1. The summed E-state index contributed by atoms with van der Waals surface area (Å²) < 4.78 is 0. The molecular weight excluding hydrogens is 244 g/mol. The average molecular weight is 256 g/mol. The second kappa shape index (κ2) is 4.89. The lowest BCUT2D eigenvalue weighted by atomic mass is 10.2. The van der Waals surface area contributed by atoms with Crippen molar-refractivity contribution in [3.05, 3.63) is 41.9 Å². The third-order valence-electron chi connectivity index (χ3n) is 2.77. The minimum Gasteiger partial charge on any atom is -0.357 e. The maximum Gasteiger partial charge on any atom is 0.228 e. The van der Waals surface area contributed by atoms with Crippen molar-refractivity contribution < 1.29 is 4.79 Å². The molecule has 96 valence electrons. The van der Waals surface area contributed by atoms with Gasteiger partial charge in [0.05, 0.1) is 13.0 Å². The van der Waals surface area contributed by atoms with Gasteiger partial charge in [0.15, 0.2) is 5.82 Å². The van der Waals surface area contributed by atoms with Crippen molar-refractivity contribution in [2.75, 3.05) is 0 Å². The minimum absolute atomic E-state index is 0.122. The van der Waals surface area contributed by atoms with E-state index in [0.717, 1.165) is 16.6 Å². The summed E-state index contributed by atoms with van der Waals surface area (Å²) in [5.41, 5.74) is 2.02. The number of carbonyl (C=O) groups is 1. The maximum atomic E-state index is 11.7. The molecule has 2 aromatic heterocycles. The van der Waals surface area contributed by atoms with Gasteiger partial charge in [-0.25, -0.2) is 0 Å².